The fourth-order valence-corrected chi connectivity index (χ4v) is 17.9. The van der Waals surface area contributed by atoms with Gasteiger partial charge in [0.1, 0.15) is 37.6 Å². The largest absolute Gasteiger partial charge is 0.463 e. The van der Waals surface area contributed by atoms with Gasteiger partial charge in [-0.05, 0) is 193 Å². The van der Waals surface area contributed by atoms with Crippen LogP contribution < -0.4 is 0 Å². The monoisotopic (exact) mass is 1910 g/mol. The Morgan fingerprint density at radius 1 is 0.243 bits per heavy atom. The molecule has 0 amide bonds. The minimum atomic E-state index is -1.22. The average molecular weight is 1920 g/mol. The first-order valence-electron chi connectivity index (χ1n) is 58.4. The van der Waals surface area contributed by atoms with E-state index in [1.807, 2.05) is 0 Å². The van der Waals surface area contributed by atoms with Crippen LogP contribution in [0.5, 0.6) is 0 Å². The highest BCUT2D eigenvalue weighted by Crippen LogP contribution is 2.29. The van der Waals surface area contributed by atoms with Gasteiger partial charge in [0.2, 0.25) is 0 Å². The van der Waals surface area contributed by atoms with Crippen LogP contribution in [0.1, 0.15) is 581 Å². The average Bonchev–Trinajstić information content (AvgIpc) is 1.68. The smallest absolute Gasteiger partial charge is 0.306 e. The quantitative estimate of drug-likeness (QED) is 0.0250. The number of unbranched alkanes of at least 4 members (excludes halogenated alkanes) is 66. The molecule has 2 N–H and O–H groups in total. The molecule has 8 atom stereocenters. The van der Waals surface area contributed by atoms with Crippen molar-refractivity contribution in [3.05, 3.63) is 72.9 Å². The predicted molar refractivity (Wildman–Crippen MR) is 570 cm³/mol. The number of aliphatic hydroxyl groups excluding tert-OH is 2. The van der Waals surface area contributed by atoms with E-state index in [4.69, 9.17) is 37.9 Å². The Kier molecular flexibility index (Phi) is 97.8. The molecule has 16 heteroatoms. The van der Waals surface area contributed by atoms with Gasteiger partial charge in [0.05, 0.1) is 13.2 Å². The van der Waals surface area contributed by atoms with Gasteiger partial charge in [0, 0.05) is 38.5 Å². The summed E-state index contributed by atoms with van der Waals surface area (Å²) in [5, 5.41) is 22.4. The lowest BCUT2D eigenvalue weighted by atomic mass is 10.1. The molecule has 136 heavy (non-hydrogen) atoms. The summed E-state index contributed by atoms with van der Waals surface area (Å²) in [4.78, 5) is 77.5. The predicted octanol–water partition coefficient (Wildman–Crippen LogP) is 34.5. The van der Waals surface area contributed by atoms with Crippen LogP contribution >= 0.6 is 0 Å². The third-order valence-corrected chi connectivity index (χ3v) is 26.9. The van der Waals surface area contributed by atoms with Crippen LogP contribution in [0.2, 0.25) is 0 Å². The molecule has 0 saturated carbocycles. The second kappa shape index (κ2) is 103. The highest BCUT2D eigenvalue weighted by Gasteiger charge is 2.47. The lowest BCUT2D eigenvalue weighted by molar-refractivity contribution is -0.171. The zero-order chi connectivity index (χ0) is 98.5. The van der Waals surface area contributed by atoms with E-state index < -0.39 is 60.8 Å². The number of hydrogen-bond acceptors (Lipinski definition) is 16. The van der Waals surface area contributed by atoms with E-state index in [-0.39, 0.29) is 76.0 Å². The molecule has 2 rings (SSSR count). The van der Waals surface area contributed by atoms with E-state index in [0.717, 1.165) is 199 Å². The molecule has 0 spiro atoms. The summed E-state index contributed by atoms with van der Waals surface area (Å²) < 4.78 is 46.2. The number of ether oxygens (including phenoxy) is 8. The summed E-state index contributed by atoms with van der Waals surface area (Å²) in [6, 6.07) is 0. The number of carbonyl (C=O) groups excluding carboxylic acids is 6. The molecule has 0 bridgehead atoms. The van der Waals surface area contributed by atoms with Crippen molar-refractivity contribution in [2.75, 3.05) is 26.4 Å². The summed E-state index contributed by atoms with van der Waals surface area (Å²) in [7, 11) is 0. The number of rotatable bonds is 100. The van der Waals surface area contributed by atoms with Crippen molar-refractivity contribution >= 4 is 35.8 Å². The highest BCUT2D eigenvalue weighted by atomic mass is 16.6. The van der Waals surface area contributed by atoms with Crippen molar-refractivity contribution < 1.29 is 76.9 Å². The normalized spacial score (nSPS) is 16.7. The summed E-state index contributed by atoms with van der Waals surface area (Å²) in [5.41, 5.74) is 0. The van der Waals surface area contributed by atoms with Gasteiger partial charge in [-0.15, -0.1) is 0 Å². The van der Waals surface area contributed by atoms with E-state index in [2.05, 4.69) is 114 Å². The second-order valence-corrected chi connectivity index (χ2v) is 40.1. The lowest BCUT2D eigenvalue weighted by Crippen LogP contribution is -2.45. The first kappa shape index (κ1) is 129. The van der Waals surface area contributed by atoms with Gasteiger partial charge < -0.3 is 48.1 Å². The zero-order valence-electron chi connectivity index (χ0n) is 89.4. The van der Waals surface area contributed by atoms with Crippen LogP contribution in [0, 0.1) is 0 Å². The summed E-state index contributed by atoms with van der Waals surface area (Å²) in [5.74, 6) is -2.22. The minimum Gasteiger partial charge on any atom is -0.463 e. The van der Waals surface area contributed by atoms with Crippen LogP contribution in [0.25, 0.3) is 0 Å². The van der Waals surface area contributed by atoms with Gasteiger partial charge in [-0.1, -0.05) is 423 Å². The van der Waals surface area contributed by atoms with E-state index in [1.165, 1.54) is 289 Å². The molecule has 0 aliphatic carbocycles. The first-order chi connectivity index (χ1) is 66.8. The van der Waals surface area contributed by atoms with Crippen molar-refractivity contribution in [3.63, 3.8) is 0 Å². The summed E-state index contributed by atoms with van der Waals surface area (Å²) >= 11 is 0. The SMILES string of the molecule is CCCCCCCCC=CCCCCCCCC(=O)OCC(O)C1OCC(OC(=O)CCCCCCCC=CCCCCCCCC)C1OC(=O)CCCCCCCC=CCCCCCCCC.CCCCCCCCC=CCCCCCCCC(=O)OCC(OC(=O)CCCCCCCC=CCCCCCCCC)C1OCC(OC(=O)CCCCCCCC=CCCCCCCCC)C1O. The number of esters is 6. The van der Waals surface area contributed by atoms with E-state index in [0.29, 0.717) is 25.7 Å². The fraction of sp³-hybridized carbons (Fsp3) is 0.850. The fourth-order valence-electron chi connectivity index (χ4n) is 17.9. The summed E-state index contributed by atoms with van der Waals surface area (Å²) in [6.45, 7) is 13.1. The van der Waals surface area contributed by atoms with E-state index in [9.17, 15) is 39.0 Å². The molecule has 2 aliphatic rings. The molecular formula is C120H216O16. The molecule has 2 fully saturated rings. The Balaban J connectivity index is 0.00000136. The molecule has 0 radical (unpaired) electrons. The Hall–Kier alpha value is -4.90. The minimum absolute atomic E-state index is 0.00486. The number of allylic oxidation sites excluding steroid dienone is 12. The van der Waals surface area contributed by atoms with E-state index >= 15 is 0 Å². The molecule has 16 nitrogen and oxygen atoms in total. The van der Waals surface area contributed by atoms with Crippen LogP contribution in [0.15, 0.2) is 72.9 Å². The van der Waals surface area contributed by atoms with Gasteiger partial charge in [0.25, 0.3) is 0 Å². The third kappa shape index (κ3) is 85.8. The number of aliphatic hydroxyl groups is 2. The zero-order valence-corrected chi connectivity index (χ0v) is 89.4. The highest BCUT2D eigenvalue weighted by molar-refractivity contribution is 5.72. The molecule has 0 aromatic carbocycles. The maximum absolute atomic E-state index is 13.1. The van der Waals surface area contributed by atoms with Gasteiger partial charge >= 0.3 is 35.8 Å². The van der Waals surface area contributed by atoms with Crippen molar-refractivity contribution in [2.45, 2.75) is 630 Å². The molecule has 2 heterocycles. The van der Waals surface area contributed by atoms with Gasteiger partial charge in [-0.25, -0.2) is 0 Å². The Morgan fingerprint density at radius 2 is 0.441 bits per heavy atom. The van der Waals surface area contributed by atoms with Crippen LogP contribution in [-0.2, 0) is 66.7 Å². The molecule has 2 saturated heterocycles. The maximum Gasteiger partial charge on any atom is 0.306 e. The van der Waals surface area contributed by atoms with E-state index in [1.54, 1.807) is 0 Å². The van der Waals surface area contributed by atoms with Crippen LogP contribution in [-0.4, -0.2) is 121 Å². The molecular weight excluding hydrogens is 1700 g/mol. The standard InChI is InChI=1S/2C60H108O8/c1-4-7-10-13-16-19-22-25-28-31-34-37-40-43-46-49-56(61)65-53-55(68-58(63)51-48-45-42-39-36-33-30-27-24-21-18-15-12-9-6-3)60-59(64)54(52-66-60)67-57(62)50-47-44-41-38-35-32-29-26-23-20-17-14-11-8-5-2;1-4-7-10-13-16-19-22-25-28-31-34-37-40-43-46-49-56(62)65-52-54(61)59-60(68-58(64)51-48-45-42-39-36-33-30-27-24-21-18-15-12-9-6-3)55(53-66-59)67-57(63)50-47-44-41-38-35-32-29-26-23-20-17-14-11-8-5-2/h25-30,54-55,59-60,64H,4-24,31-53H2,1-3H3;25-30,54-55,59-61H,4-24,31-53H2,1-3H3. The number of hydrogen-bond donors (Lipinski definition) is 2. The van der Waals surface area contributed by atoms with Crippen LogP contribution in [0.4, 0.5) is 0 Å². The lowest BCUT2D eigenvalue weighted by Gasteiger charge is -2.26. The molecule has 0 aromatic heterocycles. The maximum atomic E-state index is 13.1. The van der Waals surface area contributed by atoms with Gasteiger partial charge in [-0.2, -0.15) is 0 Å². The Labute approximate surface area is 836 Å². The first-order valence-corrected chi connectivity index (χ1v) is 58.4. The van der Waals surface area contributed by atoms with Gasteiger partial charge in [-0.3, -0.25) is 28.8 Å². The van der Waals surface area contributed by atoms with Crippen molar-refractivity contribution in [1.29, 1.82) is 0 Å². The molecule has 2 aliphatic heterocycles. The topological polar surface area (TPSA) is 217 Å². The second-order valence-electron chi connectivity index (χ2n) is 40.1. The Morgan fingerprint density at radius 3 is 0.706 bits per heavy atom. The van der Waals surface area contributed by atoms with Crippen molar-refractivity contribution in [1.82, 2.24) is 0 Å². The number of carbonyl (C=O) groups is 6. The van der Waals surface area contributed by atoms with Gasteiger partial charge in [0.15, 0.2) is 24.4 Å². The third-order valence-electron chi connectivity index (χ3n) is 26.9. The van der Waals surface area contributed by atoms with Crippen molar-refractivity contribution in [2.24, 2.45) is 0 Å². The van der Waals surface area contributed by atoms with Crippen LogP contribution in [0.3, 0.4) is 0 Å². The molecule has 0 aromatic rings. The summed E-state index contributed by atoms with van der Waals surface area (Å²) in [6.07, 6.45) is 114. The van der Waals surface area contributed by atoms with Crippen molar-refractivity contribution in [3.8, 4) is 0 Å². The Bertz CT molecular complexity index is 2830. The molecule has 792 valence electrons. The molecule has 8 unspecified atom stereocenters.